The lowest BCUT2D eigenvalue weighted by molar-refractivity contribution is -0.485. The van der Waals surface area contributed by atoms with Gasteiger partial charge in [-0.2, -0.15) is 0 Å². The summed E-state index contributed by atoms with van der Waals surface area (Å²) in [5.74, 6) is 0.295. The smallest absolute Gasteiger partial charge is 0.220 e. The lowest BCUT2D eigenvalue weighted by Gasteiger charge is -2.48. The van der Waals surface area contributed by atoms with Crippen LogP contribution in [-0.2, 0) is 9.53 Å². The topological polar surface area (TPSA) is 61.4 Å². The second-order valence-electron chi connectivity index (χ2n) is 9.12. The van der Waals surface area contributed by atoms with Crippen molar-refractivity contribution in [3.63, 3.8) is 0 Å². The Bertz CT molecular complexity index is 662. The molecule has 1 heterocycles. The van der Waals surface area contributed by atoms with Gasteiger partial charge in [0.1, 0.15) is 0 Å². The normalized spacial score (nSPS) is 20.7. The maximum atomic E-state index is 12.3. The van der Waals surface area contributed by atoms with Crippen LogP contribution in [0.3, 0.4) is 0 Å². The maximum Gasteiger partial charge on any atom is 0.220 e. The van der Waals surface area contributed by atoms with Gasteiger partial charge in [0.05, 0.1) is 12.1 Å². The minimum Gasteiger partial charge on any atom is -0.848 e. The minimum absolute atomic E-state index is 0.0443. The molecule has 1 saturated heterocycles. The van der Waals surface area contributed by atoms with Gasteiger partial charge in [-0.05, 0) is 57.3 Å². The predicted molar refractivity (Wildman–Crippen MR) is 142 cm³/mol. The Balaban J connectivity index is 2.02. The van der Waals surface area contributed by atoms with Crippen LogP contribution in [0, 0.1) is 5.92 Å². The first-order chi connectivity index (χ1) is 16.6. The molecule has 192 valence electrons. The van der Waals surface area contributed by atoms with E-state index in [1.807, 2.05) is 0 Å². The largest absolute Gasteiger partial charge is 0.848 e. The van der Waals surface area contributed by atoms with Crippen LogP contribution in [0.4, 0.5) is 0 Å². The number of allylic oxidation sites excluding steroid dienone is 10. The summed E-state index contributed by atoms with van der Waals surface area (Å²) in [5.41, 5.74) is 0. The predicted octanol–water partition coefficient (Wildman–Crippen LogP) is 6.35. The van der Waals surface area contributed by atoms with Crippen molar-refractivity contribution >= 4 is 5.91 Å². The number of carbonyl (C=O) groups excluding carboxylic acids is 1. The zero-order chi connectivity index (χ0) is 24.9. The third-order valence-corrected chi connectivity index (χ3v) is 6.19. The van der Waals surface area contributed by atoms with E-state index in [0.717, 1.165) is 64.2 Å². The molecule has 1 fully saturated rings. The van der Waals surface area contributed by atoms with Crippen molar-refractivity contribution in [3.8, 4) is 0 Å². The number of hydrogen-bond acceptors (Lipinski definition) is 3. The molecule has 0 bridgehead atoms. The highest BCUT2D eigenvalue weighted by Gasteiger charge is 2.35. The molecule has 1 rings (SSSR count). The summed E-state index contributed by atoms with van der Waals surface area (Å²) in [7, 11) is 0. The van der Waals surface area contributed by atoms with Crippen molar-refractivity contribution in [1.29, 1.82) is 0 Å². The number of ether oxygens (including phenoxy) is 1. The van der Waals surface area contributed by atoms with Crippen LogP contribution in [0.1, 0.15) is 91.4 Å². The number of carbonyl (C=O) groups is 1. The maximum absolute atomic E-state index is 12.3. The van der Waals surface area contributed by atoms with E-state index in [-0.39, 0.29) is 30.6 Å². The van der Waals surface area contributed by atoms with E-state index in [1.165, 1.54) is 0 Å². The summed E-state index contributed by atoms with van der Waals surface area (Å²) in [6.07, 6.45) is 31.7. The van der Waals surface area contributed by atoms with Gasteiger partial charge in [0.15, 0.2) is 0 Å². The number of rotatable bonds is 19. The first-order valence-corrected chi connectivity index (χ1v) is 13.4. The van der Waals surface area contributed by atoms with Gasteiger partial charge >= 0.3 is 0 Å². The molecule has 0 aromatic rings. The first-order valence-electron chi connectivity index (χ1n) is 13.4. The summed E-state index contributed by atoms with van der Waals surface area (Å²) < 4.78 is 5.43. The summed E-state index contributed by atoms with van der Waals surface area (Å²) in [5, 5.41) is 14.9. The molecule has 0 spiro atoms. The van der Waals surface area contributed by atoms with Gasteiger partial charge in [-0.1, -0.05) is 100 Å². The molecule has 4 atom stereocenters. The molecule has 1 amide bonds. The lowest BCUT2D eigenvalue weighted by atomic mass is 9.89. The Labute approximate surface area is 208 Å². The first kappa shape index (κ1) is 30.1. The van der Waals surface area contributed by atoms with Gasteiger partial charge in [-0.15, -0.1) is 0 Å². The van der Waals surface area contributed by atoms with E-state index < -0.39 is 6.10 Å². The van der Waals surface area contributed by atoms with Crippen LogP contribution in [0.2, 0.25) is 0 Å². The number of unbranched alkanes of at least 4 members (excludes halogenated alkanes) is 3. The van der Waals surface area contributed by atoms with Crippen molar-refractivity contribution in [3.05, 3.63) is 60.8 Å². The number of nitrogens with one attached hydrogen (secondary N) is 1. The monoisotopic (exact) mass is 470 g/mol. The van der Waals surface area contributed by atoms with Gasteiger partial charge in [-0.25, -0.2) is 0 Å². The molecule has 4 nitrogen and oxygen atoms in total. The molecular formula is C30H48NO3-. The third-order valence-electron chi connectivity index (χ3n) is 6.19. The summed E-state index contributed by atoms with van der Waals surface area (Å²) in [4.78, 5) is 12.3. The summed E-state index contributed by atoms with van der Waals surface area (Å²) in [6, 6.07) is -0.157. The average Bonchev–Trinajstić information content (AvgIpc) is 2.83. The van der Waals surface area contributed by atoms with E-state index in [2.05, 4.69) is 86.8 Å². The van der Waals surface area contributed by atoms with Crippen molar-refractivity contribution in [2.75, 3.05) is 6.61 Å². The molecular weight excluding hydrogens is 422 g/mol. The summed E-state index contributed by atoms with van der Waals surface area (Å²) >= 11 is 0. The van der Waals surface area contributed by atoms with Crippen molar-refractivity contribution in [2.45, 2.75) is 110 Å². The van der Waals surface area contributed by atoms with Crippen LogP contribution in [0.15, 0.2) is 60.8 Å². The van der Waals surface area contributed by atoms with Gasteiger partial charge in [-0.3, -0.25) is 4.79 Å². The van der Waals surface area contributed by atoms with Gasteiger partial charge < -0.3 is 15.2 Å². The second-order valence-corrected chi connectivity index (χ2v) is 9.12. The minimum atomic E-state index is -0.706. The third kappa shape index (κ3) is 14.4. The fourth-order valence-electron chi connectivity index (χ4n) is 3.77. The molecule has 1 aliphatic heterocycles. The molecule has 34 heavy (non-hydrogen) atoms. The molecule has 1 N–H and O–H groups in total. The van der Waals surface area contributed by atoms with E-state index in [4.69, 9.17) is 4.74 Å². The van der Waals surface area contributed by atoms with Gasteiger partial charge in [0.25, 0.3) is 0 Å². The van der Waals surface area contributed by atoms with Crippen LogP contribution < -0.4 is 10.4 Å². The molecule has 1 aliphatic rings. The van der Waals surface area contributed by atoms with Crippen LogP contribution in [0.5, 0.6) is 0 Å². The Morgan fingerprint density at radius 3 is 1.91 bits per heavy atom. The zero-order valence-electron chi connectivity index (χ0n) is 21.8. The summed E-state index contributed by atoms with van der Waals surface area (Å²) in [6.45, 7) is 6.57. The van der Waals surface area contributed by atoms with Crippen molar-refractivity contribution < 1.29 is 14.6 Å². The average molecular weight is 471 g/mol. The number of hydrogen-bond donors (Lipinski definition) is 1. The Morgan fingerprint density at radius 2 is 1.44 bits per heavy atom. The molecule has 0 aromatic heterocycles. The molecule has 0 saturated carbocycles. The van der Waals surface area contributed by atoms with E-state index in [0.29, 0.717) is 6.42 Å². The van der Waals surface area contributed by atoms with Crippen LogP contribution in [-0.4, -0.2) is 30.8 Å². The molecule has 2 unspecified atom stereocenters. The Morgan fingerprint density at radius 1 is 0.882 bits per heavy atom. The highest BCUT2D eigenvalue weighted by molar-refractivity contribution is 5.76. The zero-order valence-corrected chi connectivity index (χ0v) is 21.8. The van der Waals surface area contributed by atoms with Crippen molar-refractivity contribution in [2.24, 2.45) is 5.92 Å². The van der Waals surface area contributed by atoms with Gasteiger partial charge in [0, 0.05) is 13.0 Å². The van der Waals surface area contributed by atoms with E-state index >= 15 is 0 Å². The standard InChI is InChI=1S/C30H48NO3/c1-4-6-7-8-9-10-11-12-13-14-15-16-17-18-19-20-21-22-23-24-28(33)31-29(26(3)5-2)30-27(32)25-34-30/h6-7,9-10,12-13,15-16,18-19,26-27,29-30H,4-5,8,11,14,17,20-25H2,1-3H3,(H,31,33)/q-1/b7-6-,10-9-,13-12-,16-15-,19-18-/t26-,27?,29-,30?/m0/s1. The fourth-order valence-corrected chi connectivity index (χ4v) is 3.77. The molecule has 0 aliphatic carbocycles. The van der Waals surface area contributed by atoms with Crippen molar-refractivity contribution in [1.82, 2.24) is 5.32 Å². The van der Waals surface area contributed by atoms with Crippen LogP contribution >= 0.6 is 0 Å². The quantitative estimate of drug-likeness (QED) is 0.177. The van der Waals surface area contributed by atoms with E-state index in [9.17, 15) is 9.90 Å². The van der Waals surface area contributed by atoms with Gasteiger partial charge in [0.2, 0.25) is 5.91 Å². The second kappa shape index (κ2) is 20.5. The molecule has 4 heteroatoms. The number of amides is 1. The SMILES string of the molecule is CC/C=C\C/C=C\C/C=C\C/C=C\C/C=C\CCCCCC(=O)N[C@H](C1OCC1[O-])[C@@H](C)CC. The van der Waals surface area contributed by atoms with Crippen LogP contribution in [0.25, 0.3) is 0 Å². The lowest BCUT2D eigenvalue weighted by Crippen LogP contribution is -2.64. The van der Waals surface area contributed by atoms with E-state index in [1.54, 1.807) is 0 Å². The highest BCUT2D eigenvalue weighted by atomic mass is 16.5. The highest BCUT2D eigenvalue weighted by Crippen LogP contribution is 2.22. The Kier molecular flexibility index (Phi) is 18.1. The Hall–Kier alpha value is -1.91. The molecule has 0 aromatic carbocycles. The fraction of sp³-hybridized carbons (Fsp3) is 0.633. The molecule has 0 radical (unpaired) electrons.